The maximum atomic E-state index is 12.5. The van der Waals surface area contributed by atoms with Gasteiger partial charge in [0.25, 0.3) is 0 Å². The summed E-state index contributed by atoms with van der Waals surface area (Å²) >= 11 is 0. The Morgan fingerprint density at radius 3 is 2.11 bits per heavy atom. The van der Waals surface area contributed by atoms with Gasteiger partial charge in [0.2, 0.25) is 5.91 Å². The molecule has 0 aromatic rings. The minimum absolute atomic E-state index is 0.0342. The molecule has 1 rings (SSSR count). The van der Waals surface area contributed by atoms with Crippen LogP contribution in [-0.2, 0) is 4.79 Å². The van der Waals surface area contributed by atoms with Gasteiger partial charge in [-0.25, -0.2) is 0 Å². The molecule has 1 aliphatic heterocycles. The lowest BCUT2D eigenvalue weighted by molar-refractivity contribution is -0.134. The Bertz CT molecular complexity index is 248. The minimum atomic E-state index is -0.0342. The van der Waals surface area contributed by atoms with Crippen LogP contribution in [0.4, 0.5) is 0 Å². The zero-order valence-electron chi connectivity index (χ0n) is 13.0. The number of amides is 1. The van der Waals surface area contributed by atoms with Crippen molar-refractivity contribution in [3.8, 4) is 0 Å². The van der Waals surface area contributed by atoms with Crippen molar-refractivity contribution in [1.82, 2.24) is 15.5 Å². The maximum Gasteiger partial charge on any atom is 0.241 e. The number of carbonyl (C=O) groups is 1. The fourth-order valence-corrected chi connectivity index (χ4v) is 2.21. The van der Waals surface area contributed by atoms with Crippen molar-refractivity contribution in [2.45, 2.75) is 46.6 Å². The van der Waals surface area contributed by atoms with Crippen molar-refractivity contribution in [2.75, 3.05) is 32.7 Å². The Labute approximate surface area is 118 Å². The molecule has 19 heavy (non-hydrogen) atoms. The molecule has 2 N–H and O–H groups in total. The molecule has 0 aromatic heterocycles. The molecule has 0 radical (unpaired) electrons. The van der Waals surface area contributed by atoms with Crippen molar-refractivity contribution in [2.24, 2.45) is 11.8 Å². The van der Waals surface area contributed by atoms with Gasteiger partial charge in [-0.2, -0.15) is 0 Å². The van der Waals surface area contributed by atoms with Crippen molar-refractivity contribution in [1.29, 1.82) is 0 Å². The highest BCUT2D eigenvalue weighted by Crippen LogP contribution is 2.08. The van der Waals surface area contributed by atoms with Crippen LogP contribution in [0.1, 0.15) is 40.5 Å². The average Bonchev–Trinajstić information content (AvgIpc) is 2.38. The third-order valence-electron chi connectivity index (χ3n) is 3.60. The highest BCUT2D eigenvalue weighted by atomic mass is 16.2. The third-order valence-corrected chi connectivity index (χ3v) is 3.60. The van der Waals surface area contributed by atoms with Gasteiger partial charge in [0.15, 0.2) is 0 Å². The van der Waals surface area contributed by atoms with Crippen molar-refractivity contribution < 1.29 is 4.79 Å². The lowest BCUT2D eigenvalue weighted by Gasteiger charge is -2.31. The number of rotatable bonds is 7. The molecular formula is C15H31N3O. The van der Waals surface area contributed by atoms with Gasteiger partial charge in [-0.3, -0.25) is 4.79 Å². The van der Waals surface area contributed by atoms with Crippen molar-refractivity contribution in [3.05, 3.63) is 0 Å². The first-order valence-corrected chi connectivity index (χ1v) is 7.73. The molecule has 0 aliphatic carbocycles. The van der Waals surface area contributed by atoms with Gasteiger partial charge in [0, 0.05) is 32.7 Å². The smallest absolute Gasteiger partial charge is 0.241 e. The molecule has 0 spiro atoms. The standard InChI is InChI=1S/C15H31N3O/c1-12(2)5-9-18(10-6-13(3)4)15(19)14-11-16-7-8-17-14/h12-14,16-17H,5-11H2,1-4H3. The summed E-state index contributed by atoms with van der Waals surface area (Å²) in [4.78, 5) is 14.6. The van der Waals surface area contributed by atoms with Crippen molar-refractivity contribution in [3.63, 3.8) is 0 Å². The second-order valence-electron chi connectivity index (χ2n) is 6.40. The fraction of sp³-hybridized carbons (Fsp3) is 0.933. The Hall–Kier alpha value is -0.610. The van der Waals surface area contributed by atoms with E-state index in [1.54, 1.807) is 0 Å². The van der Waals surface area contributed by atoms with Gasteiger partial charge in [-0.15, -0.1) is 0 Å². The molecule has 0 bridgehead atoms. The zero-order valence-corrected chi connectivity index (χ0v) is 13.0. The molecule has 1 amide bonds. The SMILES string of the molecule is CC(C)CCN(CCC(C)C)C(=O)C1CNCCN1. The molecule has 0 aromatic carbocycles. The molecule has 1 unspecified atom stereocenters. The topological polar surface area (TPSA) is 44.4 Å². The van der Waals surface area contributed by atoms with Crippen LogP contribution < -0.4 is 10.6 Å². The molecule has 1 aliphatic rings. The van der Waals surface area contributed by atoms with E-state index in [4.69, 9.17) is 0 Å². The van der Waals surface area contributed by atoms with Crippen LogP contribution in [0.25, 0.3) is 0 Å². The minimum Gasteiger partial charge on any atom is -0.341 e. The molecule has 1 heterocycles. The molecule has 112 valence electrons. The van der Waals surface area contributed by atoms with Crippen LogP contribution in [0.2, 0.25) is 0 Å². The van der Waals surface area contributed by atoms with Gasteiger partial charge in [-0.05, 0) is 24.7 Å². The molecule has 0 saturated carbocycles. The highest BCUT2D eigenvalue weighted by molar-refractivity contribution is 5.82. The first kappa shape index (κ1) is 16.4. The van der Waals surface area contributed by atoms with Crippen LogP contribution in [0, 0.1) is 11.8 Å². The lowest BCUT2D eigenvalue weighted by Crippen LogP contribution is -2.57. The Balaban J connectivity index is 2.51. The Kier molecular flexibility index (Phi) is 7.39. The van der Waals surface area contributed by atoms with Gasteiger partial charge in [0.05, 0.1) is 6.04 Å². The summed E-state index contributed by atoms with van der Waals surface area (Å²) in [6, 6.07) is -0.0342. The fourth-order valence-electron chi connectivity index (χ4n) is 2.21. The summed E-state index contributed by atoms with van der Waals surface area (Å²) in [7, 11) is 0. The lowest BCUT2D eigenvalue weighted by atomic mass is 10.1. The van der Waals surface area contributed by atoms with Gasteiger partial charge in [0.1, 0.15) is 0 Å². The summed E-state index contributed by atoms with van der Waals surface area (Å²) in [6.07, 6.45) is 2.17. The van der Waals surface area contributed by atoms with E-state index in [-0.39, 0.29) is 11.9 Å². The van der Waals surface area contributed by atoms with E-state index in [0.717, 1.165) is 45.6 Å². The Morgan fingerprint density at radius 1 is 1.11 bits per heavy atom. The predicted molar refractivity (Wildman–Crippen MR) is 80.2 cm³/mol. The number of hydrogen-bond acceptors (Lipinski definition) is 3. The number of piperazine rings is 1. The van der Waals surface area contributed by atoms with Crippen LogP contribution in [0.15, 0.2) is 0 Å². The molecule has 1 saturated heterocycles. The predicted octanol–water partition coefficient (Wildman–Crippen LogP) is 1.47. The number of hydrogen-bond donors (Lipinski definition) is 2. The van der Waals surface area contributed by atoms with Crippen LogP contribution in [0.5, 0.6) is 0 Å². The monoisotopic (exact) mass is 269 g/mol. The van der Waals surface area contributed by atoms with Gasteiger partial charge in [-0.1, -0.05) is 27.7 Å². The van der Waals surface area contributed by atoms with E-state index >= 15 is 0 Å². The largest absolute Gasteiger partial charge is 0.341 e. The summed E-state index contributed by atoms with van der Waals surface area (Å²) in [5, 5.41) is 6.61. The van der Waals surface area contributed by atoms with E-state index in [0.29, 0.717) is 11.8 Å². The van der Waals surface area contributed by atoms with Crippen LogP contribution in [0.3, 0.4) is 0 Å². The highest BCUT2D eigenvalue weighted by Gasteiger charge is 2.25. The summed E-state index contributed by atoms with van der Waals surface area (Å²) < 4.78 is 0. The van der Waals surface area contributed by atoms with E-state index in [9.17, 15) is 4.79 Å². The van der Waals surface area contributed by atoms with E-state index < -0.39 is 0 Å². The van der Waals surface area contributed by atoms with E-state index in [1.807, 2.05) is 0 Å². The van der Waals surface area contributed by atoms with Gasteiger partial charge < -0.3 is 15.5 Å². The third kappa shape index (κ3) is 6.39. The first-order chi connectivity index (χ1) is 9.00. The van der Waals surface area contributed by atoms with E-state index in [2.05, 4.69) is 43.2 Å². The van der Waals surface area contributed by atoms with Crippen LogP contribution >= 0.6 is 0 Å². The Morgan fingerprint density at radius 2 is 1.68 bits per heavy atom. The number of carbonyl (C=O) groups excluding carboxylic acids is 1. The summed E-state index contributed by atoms with van der Waals surface area (Å²) in [5.41, 5.74) is 0. The molecule has 1 atom stereocenters. The summed E-state index contributed by atoms with van der Waals surface area (Å²) in [5.74, 6) is 1.56. The molecule has 1 fully saturated rings. The normalized spacial score (nSPS) is 20.0. The van der Waals surface area contributed by atoms with Crippen LogP contribution in [-0.4, -0.2) is 49.6 Å². The average molecular weight is 269 g/mol. The van der Waals surface area contributed by atoms with Gasteiger partial charge >= 0.3 is 0 Å². The molecular weight excluding hydrogens is 238 g/mol. The van der Waals surface area contributed by atoms with Crippen molar-refractivity contribution >= 4 is 5.91 Å². The first-order valence-electron chi connectivity index (χ1n) is 7.73. The quantitative estimate of drug-likeness (QED) is 0.735. The number of nitrogens with one attached hydrogen (secondary N) is 2. The zero-order chi connectivity index (χ0) is 14.3. The molecule has 4 heteroatoms. The second kappa shape index (κ2) is 8.54. The summed E-state index contributed by atoms with van der Waals surface area (Å²) in [6.45, 7) is 13.2. The number of nitrogens with zero attached hydrogens (tertiary/aromatic N) is 1. The second-order valence-corrected chi connectivity index (χ2v) is 6.40. The maximum absolute atomic E-state index is 12.5. The molecule has 4 nitrogen and oxygen atoms in total. The van der Waals surface area contributed by atoms with E-state index in [1.165, 1.54) is 0 Å².